The smallest absolute Gasteiger partial charge is 0.327 e. The van der Waals surface area contributed by atoms with Gasteiger partial charge in [0, 0.05) is 0 Å². The summed E-state index contributed by atoms with van der Waals surface area (Å²) in [6.45, 7) is -0.717. The quantitative estimate of drug-likeness (QED) is 0.751. The number of methoxy groups -OCH3 is 1. The molecule has 0 unspecified atom stereocenters. The lowest BCUT2D eigenvalue weighted by atomic mass is 10.2. The van der Waals surface area contributed by atoms with Gasteiger partial charge in [-0.05, 0) is 29.8 Å². The predicted molar refractivity (Wildman–Crippen MR) is 87.5 cm³/mol. The van der Waals surface area contributed by atoms with E-state index in [9.17, 15) is 18.0 Å². The fourth-order valence-corrected chi connectivity index (χ4v) is 3.99. The third-order valence-electron chi connectivity index (χ3n) is 3.72. The summed E-state index contributed by atoms with van der Waals surface area (Å²) in [6, 6.07) is 12.8. The van der Waals surface area contributed by atoms with E-state index in [0.29, 0.717) is 15.6 Å². The van der Waals surface area contributed by atoms with Crippen molar-refractivity contribution in [1.82, 2.24) is 4.31 Å². The number of hydrogen-bond donors (Lipinski definition) is 0. The van der Waals surface area contributed by atoms with E-state index in [2.05, 4.69) is 0 Å². The second kappa shape index (κ2) is 6.56. The summed E-state index contributed by atoms with van der Waals surface area (Å²) in [6.07, 6.45) is 0. The third-order valence-corrected chi connectivity index (χ3v) is 5.51. The van der Waals surface area contributed by atoms with Gasteiger partial charge in [-0.2, -0.15) is 0 Å². The Morgan fingerprint density at radius 2 is 1.88 bits per heavy atom. The molecule has 130 valence electrons. The van der Waals surface area contributed by atoms with Gasteiger partial charge in [0.05, 0.1) is 12.7 Å². The fourth-order valence-electron chi connectivity index (χ4n) is 2.48. The zero-order valence-corrected chi connectivity index (χ0v) is 14.2. The van der Waals surface area contributed by atoms with E-state index in [1.807, 2.05) is 0 Å². The van der Waals surface area contributed by atoms with E-state index in [-0.39, 0.29) is 17.1 Å². The van der Waals surface area contributed by atoms with E-state index in [1.165, 1.54) is 25.3 Å². The highest BCUT2D eigenvalue weighted by molar-refractivity contribution is 7.90. The van der Waals surface area contributed by atoms with Crippen molar-refractivity contribution >= 4 is 21.9 Å². The lowest BCUT2D eigenvalue weighted by Gasteiger charge is -2.14. The van der Waals surface area contributed by atoms with Gasteiger partial charge in [0.1, 0.15) is 23.8 Å². The van der Waals surface area contributed by atoms with Crippen molar-refractivity contribution in [2.45, 2.75) is 11.5 Å². The van der Waals surface area contributed by atoms with Crippen LogP contribution in [-0.2, 0) is 26.2 Å². The standard InChI is InChI=1S/C17H15NO6S/c1-23-13-6-4-5-12(9-13)11-24-16(19)10-18-17(20)14-7-2-3-8-15(14)25(18,21)22/h2-9H,10-11H2,1H3. The average Bonchev–Trinajstić information content (AvgIpc) is 2.81. The van der Waals surface area contributed by atoms with Crippen molar-refractivity contribution in [2.75, 3.05) is 13.7 Å². The molecular weight excluding hydrogens is 346 g/mol. The first-order valence-electron chi connectivity index (χ1n) is 7.38. The molecule has 0 saturated heterocycles. The summed E-state index contributed by atoms with van der Waals surface area (Å²) in [5.74, 6) is -0.928. The Morgan fingerprint density at radius 1 is 1.12 bits per heavy atom. The Balaban J connectivity index is 1.68. The number of sulfonamides is 1. The van der Waals surface area contributed by atoms with E-state index in [0.717, 1.165) is 0 Å². The molecule has 8 heteroatoms. The van der Waals surface area contributed by atoms with Gasteiger partial charge >= 0.3 is 5.97 Å². The molecule has 1 aliphatic heterocycles. The number of nitrogens with zero attached hydrogens (tertiary/aromatic N) is 1. The van der Waals surface area contributed by atoms with Gasteiger partial charge in [0.2, 0.25) is 0 Å². The second-order valence-electron chi connectivity index (χ2n) is 5.33. The average molecular weight is 361 g/mol. The minimum Gasteiger partial charge on any atom is -0.497 e. The van der Waals surface area contributed by atoms with Crippen LogP contribution in [0.25, 0.3) is 0 Å². The number of fused-ring (bicyclic) bond motifs is 1. The SMILES string of the molecule is COc1cccc(COC(=O)CN2C(=O)c3ccccc3S2(=O)=O)c1. The normalized spacial score (nSPS) is 14.9. The van der Waals surface area contributed by atoms with Crippen LogP contribution in [0.15, 0.2) is 53.4 Å². The van der Waals surface area contributed by atoms with Crippen molar-refractivity contribution in [3.05, 3.63) is 59.7 Å². The van der Waals surface area contributed by atoms with Crippen LogP contribution in [0.4, 0.5) is 0 Å². The Hall–Kier alpha value is -2.87. The van der Waals surface area contributed by atoms with Crippen LogP contribution in [0.1, 0.15) is 15.9 Å². The zero-order chi connectivity index (χ0) is 18.0. The number of benzene rings is 2. The highest BCUT2D eigenvalue weighted by Gasteiger charge is 2.42. The highest BCUT2D eigenvalue weighted by atomic mass is 32.2. The molecule has 0 saturated carbocycles. The summed E-state index contributed by atoms with van der Waals surface area (Å²) in [7, 11) is -2.50. The first kappa shape index (κ1) is 17.0. The van der Waals surface area contributed by atoms with Crippen LogP contribution in [0.3, 0.4) is 0 Å². The molecular formula is C17H15NO6S. The molecule has 2 aromatic rings. The van der Waals surface area contributed by atoms with E-state index in [1.54, 1.807) is 30.3 Å². The van der Waals surface area contributed by atoms with E-state index in [4.69, 9.17) is 9.47 Å². The van der Waals surface area contributed by atoms with Crippen molar-refractivity contribution in [3.8, 4) is 5.75 Å². The molecule has 0 atom stereocenters. The Morgan fingerprint density at radius 3 is 2.60 bits per heavy atom. The number of carbonyl (C=O) groups is 2. The summed E-state index contributed by atoms with van der Waals surface area (Å²) in [5.41, 5.74) is 0.745. The van der Waals surface area contributed by atoms with E-state index < -0.39 is 28.4 Å². The fraction of sp³-hybridized carbons (Fsp3) is 0.176. The minimum atomic E-state index is -4.02. The molecule has 0 fully saturated rings. The topological polar surface area (TPSA) is 90.0 Å². The van der Waals surface area contributed by atoms with Crippen molar-refractivity contribution < 1.29 is 27.5 Å². The molecule has 7 nitrogen and oxygen atoms in total. The third kappa shape index (κ3) is 3.20. The first-order valence-corrected chi connectivity index (χ1v) is 8.82. The lowest BCUT2D eigenvalue weighted by Crippen LogP contribution is -2.35. The van der Waals surface area contributed by atoms with Crippen LogP contribution in [0.5, 0.6) is 5.75 Å². The van der Waals surface area contributed by atoms with Crippen LogP contribution in [0.2, 0.25) is 0 Å². The van der Waals surface area contributed by atoms with Gasteiger partial charge in [0.15, 0.2) is 0 Å². The van der Waals surface area contributed by atoms with Crippen LogP contribution >= 0.6 is 0 Å². The van der Waals surface area contributed by atoms with Crippen molar-refractivity contribution in [1.29, 1.82) is 0 Å². The Bertz CT molecular complexity index is 938. The summed E-state index contributed by atoms with van der Waals surface area (Å²) in [4.78, 5) is 24.1. The van der Waals surface area contributed by atoms with Gasteiger partial charge < -0.3 is 9.47 Å². The molecule has 1 heterocycles. The van der Waals surface area contributed by atoms with Crippen molar-refractivity contribution in [2.24, 2.45) is 0 Å². The lowest BCUT2D eigenvalue weighted by molar-refractivity contribution is -0.144. The molecule has 2 aromatic carbocycles. The number of carbonyl (C=O) groups excluding carboxylic acids is 2. The molecule has 1 aliphatic rings. The second-order valence-corrected chi connectivity index (χ2v) is 7.16. The number of hydrogen-bond acceptors (Lipinski definition) is 6. The predicted octanol–water partition coefficient (Wildman–Crippen LogP) is 1.58. The molecule has 0 N–H and O–H groups in total. The molecule has 0 aliphatic carbocycles. The minimum absolute atomic E-state index is 0.0505. The monoisotopic (exact) mass is 361 g/mol. The van der Waals surface area contributed by atoms with Gasteiger partial charge in [-0.15, -0.1) is 0 Å². The van der Waals surface area contributed by atoms with Gasteiger partial charge in [-0.1, -0.05) is 24.3 Å². The number of rotatable bonds is 5. The molecule has 25 heavy (non-hydrogen) atoms. The van der Waals surface area contributed by atoms with Crippen LogP contribution < -0.4 is 4.74 Å². The largest absolute Gasteiger partial charge is 0.497 e. The first-order chi connectivity index (χ1) is 11.9. The van der Waals surface area contributed by atoms with Gasteiger partial charge in [-0.3, -0.25) is 9.59 Å². The Kier molecular flexibility index (Phi) is 4.45. The number of esters is 1. The zero-order valence-electron chi connectivity index (χ0n) is 13.3. The highest BCUT2D eigenvalue weighted by Crippen LogP contribution is 2.29. The maximum absolute atomic E-state index is 12.4. The van der Waals surface area contributed by atoms with Crippen LogP contribution in [-0.4, -0.2) is 38.3 Å². The molecule has 0 radical (unpaired) electrons. The van der Waals surface area contributed by atoms with Gasteiger partial charge in [0.25, 0.3) is 15.9 Å². The summed E-state index contributed by atoms with van der Waals surface area (Å²) in [5, 5.41) is 0. The molecule has 1 amide bonds. The van der Waals surface area contributed by atoms with E-state index >= 15 is 0 Å². The molecule has 0 bridgehead atoms. The molecule has 0 aromatic heterocycles. The molecule has 3 rings (SSSR count). The number of ether oxygens (including phenoxy) is 2. The maximum atomic E-state index is 12.4. The summed E-state index contributed by atoms with van der Waals surface area (Å²) < 4.78 is 35.4. The summed E-state index contributed by atoms with van der Waals surface area (Å²) >= 11 is 0. The maximum Gasteiger partial charge on any atom is 0.327 e. The molecule has 0 spiro atoms. The van der Waals surface area contributed by atoms with Crippen LogP contribution in [0, 0.1) is 0 Å². The number of amides is 1. The Labute approximate surface area is 144 Å². The van der Waals surface area contributed by atoms with Crippen molar-refractivity contribution in [3.63, 3.8) is 0 Å². The van der Waals surface area contributed by atoms with Gasteiger partial charge in [-0.25, -0.2) is 12.7 Å².